The molecular formula is C25H16BrCl3N2O5. The van der Waals surface area contributed by atoms with E-state index in [-0.39, 0.29) is 17.9 Å². The molecule has 1 aliphatic heterocycles. The van der Waals surface area contributed by atoms with Crippen LogP contribution < -0.4 is 19.7 Å². The number of carbonyl (C=O) groups excluding carboxylic acids is 3. The molecule has 4 rings (SSSR count). The highest BCUT2D eigenvalue weighted by Crippen LogP contribution is 2.38. The second-order valence-electron chi connectivity index (χ2n) is 7.50. The number of halogens is 4. The molecule has 1 fully saturated rings. The van der Waals surface area contributed by atoms with Crippen molar-refractivity contribution in [1.82, 2.24) is 5.32 Å². The first-order valence-corrected chi connectivity index (χ1v) is 12.2. The van der Waals surface area contributed by atoms with Gasteiger partial charge in [0.05, 0.1) is 17.3 Å². The van der Waals surface area contributed by atoms with E-state index in [9.17, 15) is 14.4 Å². The zero-order chi connectivity index (χ0) is 26.0. The van der Waals surface area contributed by atoms with Gasteiger partial charge in [0.15, 0.2) is 11.5 Å². The summed E-state index contributed by atoms with van der Waals surface area (Å²) in [6.07, 6.45) is 1.36. The van der Waals surface area contributed by atoms with Gasteiger partial charge in [-0.05, 0) is 70.0 Å². The Kier molecular flexibility index (Phi) is 7.90. The Morgan fingerprint density at radius 2 is 1.75 bits per heavy atom. The first-order chi connectivity index (χ1) is 17.2. The van der Waals surface area contributed by atoms with Crippen molar-refractivity contribution in [2.45, 2.75) is 6.61 Å². The molecule has 4 amide bonds. The van der Waals surface area contributed by atoms with E-state index < -0.39 is 17.8 Å². The molecule has 1 saturated heterocycles. The van der Waals surface area contributed by atoms with Gasteiger partial charge in [0, 0.05) is 20.6 Å². The minimum atomic E-state index is -0.868. The number of nitrogens with zero attached hydrogens (tertiary/aromatic N) is 1. The fourth-order valence-corrected chi connectivity index (χ4v) is 4.65. The van der Waals surface area contributed by atoms with E-state index in [0.29, 0.717) is 36.6 Å². The van der Waals surface area contributed by atoms with E-state index in [1.165, 1.54) is 25.3 Å². The van der Waals surface area contributed by atoms with Gasteiger partial charge in [0.2, 0.25) is 0 Å². The maximum Gasteiger partial charge on any atom is 0.335 e. The van der Waals surface area contributed by atoms with Gasteiger partial charge in [0.25, 0.3) is 11.8 Å². The molecule has 0 aliphatic carbocycles. The number of amides is 4. The van der Waals surface area contributed by atoms with Crippen LogP contribution in [0.3, 0.4) is 0 Å². The van der Waals surface area contributed by atoms with Gasteiger partial charge in [-0.2, -0.15) is 0 Å². The standard InChI is InChI=1S/C25H16BrCl3N2O5/c1-35-21-9-13(8-19(26)22(21)36-12-14-5-6-16(28)11-20(14)29)7-18-23(32)30-25(34)31(24(18)33)17-4-2-3-15(27)10-17/h2-11H,12H2,1H3,(H,30,32,34)/b18-7+. The molecule has 7 nitrogen and oxygen atoms in total. The Morgan fingerprint density at radius 1 is 1.00 bits per heavy atom. The smallest absolute Gasteiger partial charge is 0.335 e. The molecule has 11 heteroatoms. The highest BCUT2D eigenvalue weighted by Gasteiger charge is 2.37. The number of imide groups is 2. The normalized spacial score (nSPS) is 14.8. The molecule has 3 aromatic rings. The molecular weight excluding hydrogens is 595 g/mol. The predicted octanol–water partition coefficient (Wildman–Crippen LogP) is 6.66. The number of benzene rings is 3. The number of hydrogen-bond acceptors (Lipinski definition) is 5. The highest BCUT2D eigenvalue weighted by molar-refractivity contribution is 9.10. The molecule has 0 aromatic heterocycles. The number of carbonyl (C=O) groups is 3. The lowest BCUT2D eigenvalue weighted by Crippen LogP contribution is -2.54. The van der Waals surface area contributed by atoms with Crippen LogP contribution in [-0.2, 0) is 16.2 Å². The van der Waals surface area contributed by atoms with Crippen molar-refractivity contribution in [1.29, 1.82) is 0 Å². The minimum absolute atomic E-state index is 0.142. The molecule has 1 heterocycles. The lowest BCUT2D eigenvalue weighted by molar-refractivity contribution is -0.122. The van der Waals surface area contributed by atoms with Crippen LogP contribution in [0.2, 0.25) is 15.1 Å². The van der Waals surface area contributed by atoms with Gasteiger partial charge in [-0.15, -0.1) is 0 Å². The van der Waals surface area contributed by atoms with Crippen LogP contribution in [0.1, 0.15) is 11.1 Å². The maximum absolute atomic E-state index is 13.1. The summed E-state index contributed by atoms with van der Waals surface area (Å²) in [5, 5.41) is 3.48. The number of barbiturate groups is 1. The predicted molar refractivity (Wildman–Crippen MR) is 142 cm³/mol. The lowest BCUT2D eigenvalue weighted by atomic mass is 10.1. The lowest BCUT2D eigenvalue weighted by Gasteiger charge is -2.26. The first kappa shape index (κ1) is 26.0. The number of ether oxygens (including phenoxy) is 2. The Morgan fingerprint density at radius 3 is 2.44 bits per heavy atom. The van der Waals surface area contributed by atoms with E-state index in [2.05, 4.69) is 21.2 Å². The molecule has 1 aliphatic rings. The number of hydrogen-bond donors (Lipinski definition) is 1. The van der Waals surface area contributed by atoms with Crippen LogP contribution >= 0.6 is 50.7 Å². The number of nitrogens with one attached hydrogen (secondary N) is 1. The number of rotatable bonds is 6. The zero-order valence-corrected chi connectivity index (χ0v) is 22.3. The molecule has 3 aromatic carbocycles. The molecule has 0 saturated carbocycles. The molecule has 0 spiro atoms. The molecule has 1 N–H and O–H groups in total. The van der Waals surface area contributed by atoms with Crippen molar-refractivity contribution < 1.29 is 23.9 Å². The maximum atomic E-state index is 13.1. The SMILES string of the molecule is COc1cc(/C=C2\C(=O)NC(=O)N(c3cccc(Cl)c3)C2=O)cc(Br)c1OCc1ccc(Cl)cc1Cl. The van der Waals surface area contributed by atoms with Gasteiger partial charge >= 0.3 is 6.03 Å². The van der Waals surface area contributed by atoms with Crippen molar-refractivity contribution in [2.24, 2.45) is 0 Å². The van der Waals surface area contributed by atoms with Gasteiger partial charge in [-0.3, -0.25) is 14.9 Å². The Labute approximate surface area is 229 Å². The summed E-state index contributed by atoms with van der Waals surface area (Å²) in [4.78, 5) is 38.9. The quantitative estimate of drug-likeness (QED) is 0.249. The minimum Gasteiger partial charge on any atom is -0.493 e. The van der Waals surface area contributed by atoms with E-state index in [1.807, 2.05) is 0 Å². The van der Waals surface area contributed by atoms with E-state index in [4.69, 9.17) is 44.3 Å². The van der Waals surface area contributed by atoms with Crippen LogP contribution in [0.5, 0.6) is 11.5 Å². The molecule has 0 bridgehead atoms. The van der Waals surface area contributed by atoms with Gasteiger partial charge in [-0.25, -0.2) is 9.69 Å². The molecule has 184 valence electrons. The van der Waals surface area contributed by atoms with E-state index >= 15 is 0 Å². The largest absolute Gasteiger partial charge is 0.493 e. The summed E-state index contributed by atoms with van der Waals surface area (Å²) >= 11 is 21.6. The topological polar surface area (TPSA) is 84.9 Å². The number of methoxy groups -OCH3 is 1. The fraction of sp³-hybridized carbons (Fsp3) is 0.0800. The van der Waals surface area contributed by atoms with E-state index in [1.54, 1.807) is 42.5 Å². The van der Waals surface area contributed by atoms with E-state index in [0.717, 1.165) is 10.5 Å². The van der Waals surface area contributed by atoms with Crippen LogP contribution in [0.15, 0.2) is 64.6 Å². The number of anilines is 1. The van der Waals surface area contributed by atoms with Gasteiger partial charge < -0.3 is 9.47 Å². The van der Waals surface area contributed by atoms with Crippen LogP contribution in [0, 0.1) is 0 Å². The molecule has 0 unspecified atom stereocenters. The summed E-state index contributed by atoms with van der Waals surface area (Å²) in [6.45, 7) is 0.142. The average Bonchev–Trinajstić information content (AvgIpc) is 2.81. The third-order valence-electron chi connectivity index (χ3n) is 5.12. The Hall–Kier alpha value is -3.04. The second-order valence-corrected chi connectivity index (χ2v) is 9.63. The zero-order valence-electron chi connectivity index (χ0n) is 18.5. The molecule has 0 radical (unpaired) electrons. The van der Waals surface area contributed by atoms with Crippen molar-refractivity contribution in [3.63, 3.8) is 0 Å². The highest BCUT2D eigenvalue weighted by atomic mass is 79.9. The monoisotopic (exact) mass is 608 g/mol. The van der Waals surface area contributed by atoms with Crippen molar-refractivity contribution in [2.75, 3.05) is 12.0 Å². The van der Waals surface area contributed by atoms with Gasteiger partial charge in [-0.1, -0.05) is 46.9 Å². The summed E-state index contributed by atoms with van der Waals surface area (Å²) in [7, 11) is 1.46. The van der Waals surface area contributed by atoms with Crippen molar-refractivity contribution in [3.05, 3.63) is 90.8 Å². The molecule has 0 atom stereocenters. The van der Waals surface area contributed by atoms with Crippen LogP contribution in [0.25, 0.3) is 6.08 Å². The second kappa shape index (κ2) is 10.9. The summed E-state index contributed by atoms with van der Waals surface area (Å²) < 4.78 is 11.9. The van der Waals surface area contributed by atoms with Crippen LogP contribution in [0.4, 0.5) is 10.5 Å². The Bertz CT molecular complexity index is 1430. The Balaban J connectivity index is 1.64. The third kappa shape index (κ3) is 5.52. The summed E-state index contributed by atoms with van der Waals surface area (Å²) in [6, 6.07) is 13.6. The number of urea groups is 1. The molecule has 36 heavy (non-hydrogen) atoms. The summed E-state index contributed by atoms with van der Waals surface area (Å²) in [5.41, 5.74) is 1.16. The van der Waals surface area contributed by atoms with Gasteiger partial charge in [0.1, 0.15) is 12.2 Å². The fourth-order valence-electron chi connectivity index (χ4n) is 3.43. The summed E-state index contributed by atoms with van der Waals surface area (Å²) in [5.74, 6) is -0.886. The first-order valence-electron chi connectivity index (χ1n) is 10.3. The average molecular weight is 611 g/mol. The van der Waals surface area contributed by atoms with Crippen LogP contribution in [-0.4, -0.2) is 25.0 Å². The van der Waals surface area contributed by atoms with Crippen molar-refractivity contribution in [3.8, 4) is 11.5 Å². The van der Waals surface area contributed by atoms with Crippen molar-refractivity contribution >= 4 is 80.3 Å². The third-order valence-corrected chi connectivity index (χ3v) is 6.53.